The van der Waals surface area contributed by atoms with Crippen LogP contribution in [0.15, 0.2) is 18.2 Å². The summed E-state index contributed by atoms with van der Waals surface area (Å²) >= 11 is 0. The van der Waals surface area contributed by atoms with Gasteiger partial charge in [0.2, 0.25) is 0 Å². The smallest absolute Gasteiger partial charge is 0.124 e. The lowest BCUT2D eigenvalue weighted by Crippen LogP contribution is -2.31. The van der Waals surface area contributed by atoms with Crippen molar-refractivity contribution < 1.29 is 10.2 Å². The van der Waals surface area contributed by atoms with Gasteiger partial charge in [-0.15, -0.1) is 0 Å². The van der Waals surface area contributed by atoms with Gasteiger partial charge < -0.3 is 10.2 Å². The molecule has 0 aliphatic rings. The third-order valence-electron chi connectivity index (χ3n) is 4.08. The maximum absolute atomic E-state index is 9.97. The van der Waals surface area contributed by atoms with Crippen LogP contribution in [0.5, 0.6) is 11.5 Å². The van der Waals surface area contributed by atoms with Gasteiger partial charge in [0.15, 0.2) is 0 Å². The third-order valence-corrected chi connectivity index (χ3v) is 4.08. The van der Waals surface area contributed by atoms with Crippen molar-refractivity contribution in [2.45, 2.75) is 46.6 Å². The van der Waals surface area contributed by atoms with E-state index in [1.165, 1.54) is 0 Å². The van der Waals surface area contributed by atoms with Gasteiger partial charge in [-0.2, -0.15) is 0 Å². The predicted molar refractivity (Wildman–Crippen MR) is 79.5 cm³/mol. The molecule has 0 aliphatic heterocycles. The number of nitrogens with zero attached hydrogens (tertiary/aromatic N) is 1. The Hall–Kier alpha value is -1.22. The highest BCUT2D eigenvalue weighted by Gasteiger charge is 2.22. The molecule has 0 saturated heterocycles. The van der Waals surface area contributed by atoms with Crippen LogP contribution in [0.1, 0.15) is 52.1 Å². The van der Waals surface area contributed by atoms with Crippen molar-refractivity contribution in [3.63, 3.8) is 0 Å². The monoisotopic (exact) mass is 265 g/mol. The molecule has 0 spiro atoms. The Morgan fingerprint density at radius 2 is 1.58 bits per heavy atom. The summed E-state index contributed by atoms with van der Waals surface area (Å²) in [5.74, 6) is 1.02. The first kappa shape index (κ1) is 15.8. The third kappa shape index (κ3) is 3.87. The average molecular weight is 265 g/mol. The first-order chi connectivity index (χ1) is 9.04. The van der Waals surface area contributed by atoms with Gasteiger partial charge >= 0.3 is 0 Å². The Morgan fingerprint density at radius 1 is 1.05 bits per heavy atom. The molecule has 0 amide bonds. The minimum Gasteiger partial charge on any atom is -0.507 e. The maximum atomic E-state index is 9.97. The minimum absolute atomic E-state index is 0.0202. The molecular weight excluding hydrogens is 238 g/mol. The van der Waals surface area contributed by atoms with Crippen molar-refractivity contribution in [2.75, 3.05) is 13.1 Å². The molecule has 1 aromatic rings. The number of hydrogen-bond donors (Lipinski definition) is 2. The molecule has 0 aliphatic carbocycles. The zero-order chi connectivity index (χ0) is 14.4. The summed E-state index contributed by atoms with van der Waals surface area (Å²) in [6.45, 7) is 10.5. The van der Waals surface area contributed by atoms with E-state index in [0.717, 1.165) is 25.9 Å². The summed E-state index contributed by atoms with van der Waals surface area (Å²) in [7, 11) is 0. The topological polar surface area (TPSA) is 43.7 Å². The van der Waals surface area contributed by atoms with E-state index in [2.05, 4.69) is 25.7 Å². The lowest BCUT2D eigenvalue weighted by atomic mass is 9.99. The molecule has 0 heterocycles. The Bertz CT molecular complexity index is 368. The highest BCUT2D eigenvalue weighted by molar-refractivity contribution is 5.44. The number of benzene rings is 1. The SMILES string of the molecule is CCC(CC)CN(CC)C(C)c1c(O)cccc1O. The number of phenols is 2. The molecule has 3 nitrogen and oxygen atoms in total. The fourth-order valence-electron chi connectivity index (χ4n) is 2.59. The van der Waals surface area contributed by atoms with Gasteiger partial charge in [-0.1, -0.05) is 39.7 Å². The summed E-state index contributed by atoms with van der Waals surface area (Å²) in [6.07, 6.45) is 2.32. The Labute approximate surface area is 116 Å². The standard InChI is InChI=1S/C16H27NO2/c1-5-13(6-2)11-17(7-3)12(4)16-14(18)9-8-10-15(16)19/h8-10,12-13,18-19H,5-7,11H2,1-4H3. The lowest BCUT2D eigenvalue weighted by Gasteiger charge is -2.31. The van der Waals surface area contributed by atoms with Crippen LogP contribution in [0.2, 0.25) is 0 Å². The molecule has 1 aromatic carbocycles. The van der Waals surface area contributed by atoms with Gasteiger partial charge in [0, 0.05) is 12.6 Å². The summed E-state index contributed by atoms with van der Waals surface area (Å²) < 4.78 is 0. The van der Waals surface area contributed by atoms with Crippen molar-refractivity contribution >= 4 is 0 Å². The zero-order valence-electron chi connectivity index (χ0n) is 12.6. The van der Waals surface area contributed by atoms with Crippen LogP contribution >= 0.6 is 0 Å². The normalized spacial score (nSPS) is 13.2. The molecule has 19 heavy (non-hydrogen) atoms. The van der Waals surface area contributed by atoms with Gasteiger partial charge in [0.1, 0.15) is 11.5 Å². The quantitative estimate of drug-likeness (QED) is 0.785. The molecule has 1 atom stereocenters. The Kier molecular flexibility index (Phi) is 6.16. The zero-order valence-corrected chi connectivity index (χ0v) is 12.6. The van der Waals surface area contributed by atoms with Crippen LogP contribution < -0.4 is 0 Å². The molecule has 108 valence electrons. The molecule has 1 unspecified atom stereocenters. The van der Waals surface area contributed by atoms with Crippen LogP contribution in [0.25, 0.3) is 0 Å². The largest absolute Gasteiger partial charge is 0.507 e. The number of aromatic hydroxyl groups is 2. The van der Waals surface area contributed by atoms with Crippen LogP contribution in [-0.2, 0) is 0 Å². The molecule has 2 N–H and O–H groups in total. The van der Waals surface area contributed by atoms with E-state index < -0.39 is 0 Å². The fourth-order valence-corrected chi connectivity index (χ4v) is 2.59. The first-order valence-corrected chi connectivity index (χ1v) is 7.29. The number of hydrogen-bond acceptors (Lipinski definition) is 3. The van der Waals surface area contributed by atoms with E-state index in [0.29, 0.717) is 11.5 Å². The molecule has 0 aromatic heterocycles. The maximum Gasteiger partial charge on any atom is 0.124 e. The van der Waals surface area contributed by atoms with Crippen LogP contribution in [0, 0.1) is 5.92 Å². The molecule has 0 radical (unpaired) electrons. The summed E-state index contributed by atoms with van der Waals surface area (Å²) in [4.78, 5) is 2.31. The number of phenolic OH excluding ortho intramolecular Hbond substituents is 2. The molecule has 0 saturated carbocycles. The van der Waals surface area contributed by atoms with E-state index in [1.54, 1.807) is 18.2 Å². The molecule has 3 heteroatoms. The van der Waals surface area contributed by atoms with E-state index in [4.69, 9.17) is 0 Å². The summed E-state index contributed by atoms with van der Waals surface area (Å²) in [6, 6.07) is 4.96. The lowest BCUT2D eigenvalue weighted by molar-refractivity contribution is 0.176. The van der Waals surface area contributed by atoms with Crippen LogP contribution in [0.4, 0.5) is 0 Å². The van der Waals surface area contributed by atoms with Crippen molar-refractivity contribution in [1.82, 2.24) is 4.90 Å². The minimum atomic E-state index is 0.0202. The second-order valence-electron chi connectivity index (χ2n) is 5.16. The summed E-state index contributed by atoms with van der Waals surface area (Å²) in [5, 5.41) is 19.9. The Balaban J connectivity index is 2.92. The average Bonchev–Trinajstić information content (AvgIpc) is 2.40. The second kappa shape index (κ2) is 7.39. The summed E-state index contributed by atoms with van der Waals surface area (Å²) in [5.41, 5.74) is 0.635. The van der Waals surface area contributed by atoms with Crippen LogP contribution in [0.3, 0.4) is 0 Å². The van der Waals surface area contributed by atoms with Gasteiger partial charge in [-0.25, -0.2) is 0 Å². The molecular formula is C16H27NO2. The highest BCUT2D eigenvalue weighted by atomic mass is 16.3. The molecule has 0 fully saturated rings. The van der Waals surface area contributed by atoms with Gasteiger partial charge in [0.25, 0.3) is 0 Å². The van der Waals surface area contributed by atoms with Crippen LogP contribution in [-0.4, -0.2) is 28.2 Å². The fraction of sp³-hybridized carbons (Fsp3) is 0.625. The predicted octanol–water partition coefficient (Wildman–Crippen LogP) is 3.92. The number of rotatable bonds is 7. The second-order valence-corrected chi connectivity index (χ2v) is 5.16. The highest BCUT2D eigenvalue weighted by Crippen LogP contribution is 2.35. The van der Waals surface area contributed by atoms with Gasteiger partial charge in [-0.3, -0.25) is 4.90 Å². The van der Waals surface area contributed by atoms with Crippen molar-refractivity contribution in [3.05, 3.63) is 23.8 Å². The van der Waals surface area contributed by atoms with E-state index in [1.807, 2.05) is 6.92 Å². The van der Waals surface area contributed by atoms with Crippen molar-refractivity contribution in [3.8, 4) is 11.5 Å². The van der Waals surface area contributed by atoms with Crippen molar-refractivity contribution in [2.24, 2.45) is 5.92 Å². The Morgan fingerprint density at radius 3 is 2.00 bits per heavy atom. The first-order valence-electron chi connectivity index (χ1n) is 7.29. The van der Waals surface area contributed by atoms with E-state index >= 15 is 0 Å². The van der Waals surface area contributed by atoms with E-state index in [9.17, 15) is 10.2 Å². The van der Waals surface area contributed by atoms with Crippen molar-refractivity contribution in [1.29, 1.82) is 0 Å². The van der Waals surface area contributed by atoms with Gasteiger partial charge in [-0.05, 0) is 31.5 Å². The molecule has 1 rings (SSSR count). The van der Waals surface area contributed by atoms with Gasteiger partial charge in [0.05, 0.1) is 5.56 Å². The molecule has 0 bridgehead atoms. The van der Waals surface area contributed by atoms with E-state index in [-0.39, 0.29) is 17.5 Å².